The monoisotopic (exact) mass is 276 g/mol. The van der Waals surface area contributed by atoms with Gasteiger partial charge < -0.3 is 10.1 Å². The molecule has 1 N–H and O–H groups in total. The van der Waals surface area contributed by atoms with Crippen molar-refractivity contribution >= 4 is 17.7 Å². The summed E-state index contributed by atoms with van der Waals surface area (Å²) in [6.07, 6.45) is 1.92. The smallest absolute Gasteiger partial charge is 0.325 e. The average Bonchev–Trinajstić information content (AvgIpc) is 2.44. The molecule has 0 saturated heterocycles. The molecule has 1 heterocycles. The lowest BCUT2D eigenvalue weighted by molar-refractivity contribution is -0.141. The number of hydrogen-bond acceptors (Lipinski definition) is 3. The van der Waals surface area contributed by atoms with E-state index in [-0.39, 0.29) is 12.6 Å². The van der Waals surface area contributed by atoms with E-state index in [0.717, 1.165) is 18.5 Å². The summed E-state index contributed by atoms with van der Waals surface area (Å²) in [5.74, 6) is -0.415. The highest BCUT2D eigenvalue weighted by molar-refractivity contribution is 5.94. The normalized spacial score (nSPS) is 13.6. The number of fused-ring (bicyclic) bond motifs is 1. The second-order valence-corrected chi connectivity index (χ2v) is 4.85. The Hall–Kier alpha value is -2.04. The standard InChI is InChI=1S/C15H20N2O3/c1-3-20-14(18)10-16-15(19)17-8-4-5-12-9-11(2)6-7-13(12)17/h6-7,9H,3-5,8,10H2,1-2H3,(H,16,19). The van der Waals surface area contributed by atoms with E-state index in [1.165, 1.54) is 11.1 Å². The van der Waals surface area contributed by atoms with Crippen molar-refractivity contribution < 1.29 is 14.3 Å². The Morgan fingerprint density at radius 3 is 2.95 bits per heavy atom. The van der Waals surface area contributed by atoms with Crippen molar-refractivity contribution in [1.82, 2.24) is 5.32 Å². The third kappa shape index (κ3) is 3.29. The number of carbonyl (C=O) groups excluding carboxylic acids is 2. The van der Waals surface area contributed by atoms with Gasteiger partial charge in [-0.15, -0.1) is 0 Å². The van der Waals surface area contributed by atoms with Crippen molar-refractivity contribution in [2.24, 2.45) is 0 Å². The fourth-order valence-electron chi connectivity index (χ4n) is 2.39. The maximum atomic E-state index is 12.2. The van der Waals surface area contributed by atoms with E-state index in [1.807, 2.05) is 19.1 Å². The minimum Gasteiger partial charge on any atom is -0.465 e. The minimum absolute atomic E-state index is 0.0929. The Labute approximate surface area is 118 Å². The number of hydrogen-bond donors (Lipinski definition) is 1. The number of carbonyl (C=O) groups is 2. The van der Waals surface area contributed by atoms with Crippen LogP contribution in [0.3, 0.4) is 0 Å². The van der Waals surface area contributed by atoms with Crippen LogP contribution in [0.1, 0.15) is 24.5 Å². The maximum absolute atomic E-state index is 12.2. The zero-order valence-corrected chi connectivity index (χ0v) is 11.9. The number of ether oxygens (including phenoxy) is 1. The van der Waals surface area contributed by atoms with Crippen LogP contribution in [0, 0.1) is 6.92 Å². The molecule has 2 rings (SSSR count). The number of esters is 1. The number of urea groups is 1. The lowest BCUT2D eigenvalue weighted by Crippen LogP contribution is -2.44. The molecule has 1 aromatic carbocycles. The minimum atomic E-state index is -0.415. The van der Waals surface area contributed by atoms with Crippen LogP contribution in [0.15, 0.2) is 18.2 Å². The summed E-state index contributed by atoms with van der Waals surface area (Å²) in [6, 6.07) is 5.83. The molecule has 0 saturated carbocycles. The quantitative estimate of drug-likeness (QED) is 0.859. The van der Waals surface area contributed by atoms with Gasteiger partial charge in [-0.1, -0.05) is 17.7 Å². The molecule has 1 aromatic rings. The molecule has 1 aliphatic rings. The first-order valence-electron chi connectivity index (χ1n) is 6.92. The molecule has 5 heteroatoms. The first kappa shape index (κ1) is 14.4. The molecule has 1 aliphatic heterocycles. The van der Waals surface area contributed by atoms with Crippen molar-refractivity contribution in [3.8, 4) is 0 Å². The summed E-state index contributed by atoms with van der Waals surface area (Å²) in [5.41, 5.74) is 3.31. The van der Waals surface area contributed by atoms with E-state index in [4.69, 9.17) is 4.74 Å². The van der Waals surface area contributed by atoms with Crippen LogP contribution >= 0.6 is 0 Å². The maximum Gasteiger partial charge on any atom is 0.325 e. The summed E-state index contributed by atoms with van der Waals surface area (Å²) in [7, 11) is 0. The molecule has 0 spiro atoms. The zero-order chi connectivity index (χ0) is 14.5. The molecule has 0 atom stereocenters. The van der Waals surface area contributed by atoms with Crippen molar-refractivity contribution in [2.45, 2.75) is 26.7 Å². The predicted molar refractivity (Wildman–Crippen MR) is 76.9 cm³/mol. The van der Waals surface area contributed by atoms with Gasteiger partial charge in [-0.25, -0.2) is 4.79 Å². The van der Waals surface area contributed by atoms with E-state index >= 15 is 0 Å². The fourth-order valence-corrected chi connectivity index (χ4v) is 2.39. The van der Waals surface area contributed by atoms with Crippen LogP contribution in [-0.2, 0) is 16.0 Å². The fraction of sp³-hybridized carbons (Fsp3) is 0.467. The summed E-state index contributed by atoms with van der Waals surface area (Å²) >= 11 is 0. The third-order valence-electron chi connectivity index (χ3n) is 3.29. The summed E-state index contributed by atoms with van der Waals surface area (Å²) in [6.45, 7) is 4.68. The summed E-state index contributed by atoms with van der Waals surface area (Å²) in [4.78, 5) is 25.1. The van der Waals surface area contributed by atoms with Crippen molar-refractivity contribution in [1.29, 1.82) is 0 Å². The molecule has 0 aromatic heterocycles. The molecule has 0 radical (unpaired) electrons. The van der Waals surface area contributed by atoms with Crippen molar-refractivity contribution in [2.75, 3.05) is 24.6 Å². The van der Waals surface area contributed by atoms with Crippen molar-refractivity contribution in [3.05, 3.63) is 29.3 Å². The van der Waals surface area contributed by atoms with Crippen molar-refractivity contribution in [3.63, 3.8) is 0 Å². The first-order chi connectivity index (χ1) is 9.61. The SMILES string of the molecule is CCOC(=O)CNC(=O)N1CCCc2cc(C)ccc21. The predicted octanol–water partition coefficient (Wildman–Crippen LogP) is 2.02. The Morgan fingerprint density at radius 2 is 2.20 bits per heavy atom. The van der Waals surface area contributed by atoms with Crippen LogP contribution in [0.4, 0.5) is 10.5 Å². The molecule has 0 unspecified atom stereocenters. The summed E-state index contributed by atoms with van der Waals surface area (Å²) in [5, 5.41) is 2.60. The molecular weight excluding hydrogens is 256 g/mol. The second-order valence-electron chi connectivity index (χ2n) is 4.85. The second kappa shape index (κ2) is 6.41. The van der Waals surface area contributed by atoms with Gasteiger partial charge in [0, 0.05) is 12.2 Å². The lowest BCUT2D eigenvalue weighted by Gasteiger charge is -2.29. The number of aryl methyl sites for hydroxylation is 2. The van der Waals surface area contributed by atoms with E-state index < -0.39 is 5.97 Å². The highest BCUT2D eigenvalue weighted by Crippen LogP contribution is 2.27. The highest BCUT2D eigenvalue weighted by atomic mass is 16.5. The van der Waals surface area contributed by atoms with Gasteiger partial charge >= 0.3 is 12.0 Å². The third-order valence-corrected chi connectivity index (χ3v) is 3.29. The van der Waals surface area contributed by atoms with Gasteiger partial charge in [0.25, 0.3) is 0 Å². The number of amides is 2. The van der Waals surface area contributed by atoms with E-state index in [1.54, 1.807) is 11.8 Å². The molecule has 0 aliphatic carbocycles. The molecule has 5 nitrogen and oxygen atoms in total. The Balaban J connectivity index is 2.03. The van der Waals surface area contributed by atoms with Gasteiger partial charge in [-0.2, -0.15) is 0 Å². The van der Waals surface area contributed by atoms with Crippen LogP contribution in [0.25, 0.3) is 0 Å². The van der Waals surface area contributed by atoms with Gasteiger partial charge in [-0.3, -0.25) is 9.69 Å². The Morgan fingerprint density at radius 1 is 1.40 bits per heavy atom. The lowest BCUT2D eigenvalue weighted by atomic mass is 10.00. The van der Waals surface area contributed by atoms with Crippen LogP contribution < -0.4 is 10.2 Å². The number of anilines is 1. The van der Waals surface area contributed by atoms with Crippen LogP contribution in [-0.4, -0.2) is 31.7 Å². The molecule has 0 fully saturated rings. The topological polar surface area (TPSA) is 58.6 Å². The number of benzene rings is 1. The molecule has 2 amide bonds. The summed E-state index contributed by atoms with van der Waals surface area (Å²) < 4.78 is 4.79. The van der Waals surface area contributed by atoms with Gasteiger partial charge in [-0.05, 0) is 38.3 Å². The van der Waals surface area contributed by atoms with Gasteiger partial charge in [0.2, 0.25) is 0 Å². The van der Waals surface area contributed by atoms with Gasteiger partial charge in [0.1, 0.15) is 6.54 Å². The number of rotatable bonds is 3. The first-order valence-corrected chi connectivity index (χ1v) is 6.92. The number of nitrogens with one attached hydrogen (secondary N) is 1. The van der Waals surface area contributed by atoms with Crippen LogP contribution in [0.5, 0.6) is 0 Å². The van der Waals surface area contributed by atoms with E-state index in [0.29, 0.717) is 13.2 Å². The molecular formula is C15H20N2O3. The Kier molecular flexibility index (Phi) is 4.61. The number of nitrogens with zero attached hydrogens (tertiary/aromatic N) is 1. The highest BCUT2D eigenvalue weighted by Gasteiger charge is 2.22. The van der Waals surface area contributed by atoms with Gasteiger partial charge in [0.05, 0.1) is 6.61 Å². The van der Waals surface area contributed by atoms with E-state index in [2.05, 4.69) is 11.4 Å². The molecule has 20 heavy (non-hydrogen) atoms. The molecule has 0 bridgehead atoms. The van der Waals surface area contributed by atoms with Gasteiger partial charge in [0.15, 0.2) is 0 Å². The average molecular weight is 276 g/mol. The molecule has 108 valence electrons. The largest absolute Gasteiger partial charge is 0.465 e. The zero-order valence-electron chi connectivity index (χ0n) is 11.9. The van der Waals surface area contributed by atoms with Crippen LogP contribution in [0.2, 0.25) is 0 Å². The van der Waals surface area contributed by atoms with E-state index in [9.17, 15) is 9.59 Å². The Bertz CT molecular complexity index is 514.